The largest absolute Gasteiger partial charge is 0.292 e. The lowest BCUT2D eigenvalue weighted by molar-refractivity contribution is 0.0984. The smallest absolute Gasteiger partial charge is 0.187 e. The van der Waals surface area contributed by atoms with E-state index >= 15 is 0 Å². The van der Waals surface area contributed by atoms with Crippen molar-refractivity contribution in [1.82, 2.24) is 9.97 Å². The first-order valence-electron chi connectivity index (χ1n) is 5.42. The van der Waals surface area contributed by atoms with Crippen molar-refractivity contribution in [3.05, 3.63) is 23.0 Å². The summed E-state index contributed by atoms with van der Waals surface area (Å²) in [5.41, 5.74) is 2.78. The van der Waals surface area contributed by atoms with E-state index in [1.807, 2.05) is 6.26 Å². The highest BCUT2D eigenvalue weighted by molar-refractivity contribution is 7.98. The molecule has 1 aromatic heterocycles. The summed E-state index contributed by atoms with van der Waals surface area (Å²) in [6.07, 6.45) is 8.82. The summed E-state index contributed by atoms with van der Waals surface area (Å²) in [4.78, 5) is 20.5. The van der Waals surface area contributed by atoms with E-state index in [2.05, 4.69) is 16.0 Å². The van der Waals surface area contributed by atoms with Crippen LogP contribution in [0.25, 0.3) is 6.08 Å². The number of aromatic nitrogens is 2. The molecule has 1 aromatic rings. The SMILES string of the molecule is CSc1ncc2c(n1)C(=O)CC(C1CC1)=C2. The minimum atomic E-state index is 0.150. The number of carbonyl (C=O) groups is 1. The molecular formula is C12H12N2OS. The zero-order valence-electron chi connectivity index (χ0n) is 9.06. The van der Waals surface area contributed by atoms with Gasteiger partial charge in [0, 0.05) is 18.2 Å². The van der Waals surface area contributed by atoms with Crippen LogP contribution in [0.1, 0.15) is 35.3 Å². The molecule has 3 nitrogen and oxygen atoms in total. The Balaban J connectivity index is 2.05. The standard InChI is InChI=1S/C12H12N2OS/c1-16-12-13-6-9-4-8(7-2-3-7)5-10(15)11(9)14-12/h4,6-7H,2-3,5H2,1H3. The molecule has 0 atom stereocenters. The van der Waals surface area contributed by atoms with Gasteiger partial charge in [-0.3, -0.25) is 4.79 Å². The van der Waals surface area contributed by atoms with E-state index in [1.165, 1.54) is 30.2 Å². The molecule has 2 aliphatic rings. The van der Waals surface area contributed by atoms with Crippen molar-refractivity contribution in [2.45, 2.75) is 24.4 Å². The first-order chi connectivity index (χ1) is 7.78. The molecule has 0 radical (unpaired) electrons. The molecule has 1 saturated carbocycles. The van der Waals surface area contributed by atoms with Crippen molar-refractivity contribution in [3.8, 4) is 0 Å². The lowest BCUT2D eigenvalue weighted by atomic mass is 9.93. The van der Waals surface area contributed by atoms with Crippen molar-refractivity contribution in [2.24, 2.45) is 5.92 Å². The highest BCUT2D eigenvalue weighted by Crippen LogP contribution is 2.41. The number of carbonyl (C=O) groups excluding carboxylic acids is 1. The van der Waals surface area contributed by atoms with Gasteiger partial charge < -0.3 is 0 Å². The molecule has 0 aromatic carbocycles. The Morgan fingerprint density at radius 2 is 2.25 bits per heavy atom. The van der Waals surface area contributed by atoms with Gasteiger partial charge in [-0.05, 0) is 25.0 Å². The van der Waals surface area contributed by atoms with E-state index in [4.69, 9.17) is 0 Å². The van der Waals surface area contributed by atoms with Gasteiger partial charge in [-0.15, -0.1) is 0 Å². The summed E-state index contributed by atoms with van der Waals surface area (Å²) in [6.45, 7) is 0. The minimum absolute atomic E-state index is 0.150. The van der Waals surface area contributed by atoms with Crippen LogP contribution in [0, 0.1) is 5.92 Å². The van der Waals surface area contributed by atoms with Gasteiger partial charge in [0.25, 0.3) is 0 Å². The molecule has 0 aliphatic heterocycles. The summed E-state index contributed by atoms with van der Waals surface area (Å²) in [5.74, 6) is 0.800. The lowest BCUT2D eigenvalue weighted by Crippen LogP contribution is -2.12. The second-order valence-electron chi connectivity index (χ2n) is 4.25. The maximum Gasteiger partial charge on any atom is 0.187 e. The fraction of sp³-hybridized carbons (Fsp3) is 0.417. The molecule has 0 saturated heterocycles. The zero-order chi connectivity index (χ0) is 11.1. The third kappa shape index (κ3) is 1.67. The number of ketones is 1. The van der Waals surface area contributed by atoms with Crippen LogP contribution in [0.15, 0.2) is 16.9 Å². The Labute approximate surface area is 98.4 Å². The Morgan fingerprint density at radius 1 is 1.44 bits per heavy atom. The normalized spacial score (nSPS) is 19.3. The summed E-state index contributed by atoms with van der Waals surface area (Å²) in [7, 11) is 0. The van der Waals surface area contributed by atoms with Gasteiger partial charge in [-0.25, -0.2) is 9.97 Å². The fourth-order valence-corrected chi connectivity index (χ4v) is 2.38. The van der Waals surface area contributed by atoms with Gasteiger partial charge in [0.15, 0.2) is 10.9 Å². The van der Waals surface area contributed by atoms with E-state index < -0.39 is 0 Å². The quantitative estimate of drug-likeness (QED) is 0.580. The number of hydrogen-bond donors (Lipinski definition) is 0. The van der Waals surface area contributed by atoms with Crippen molar-refractivity contribution in [2.75, 3.05) is 6.26 Å². The molecule has 1 heterocycles. The number of Topliss-reactive ketones (excluding diaryl/α,β-unsaturated/α-hetero) is 1. The molecular weight excluding hydrogens is 220 g/mol. The Kier molecular flexibility index (Phi) is 2.32. The molecule has 0 amide bonds. The van der Waals surface area contributed by atoms with Crippen LogP contribution in [0.5, 0.6) is 0 Å². The maximum atomic E-state index is 12.0. The van der Waals surface area contributed by atoms with Gasteiger partial charge in [-0.1, -0.05) is 23.4 Å². The Morgan fingerprint density at radius 3 is 2.94 bits per heavy atom. The van der Waals surface area contributed by atoms with Crippen molar-refractivity contribution >= 4 is 23.6 Å². The van der Waals surface area contributed by atoms with Gasteiger partial charge in [0.2, 0.25) is 0 Å². The van der Waals surface area contributed by atoms with Gasteiger partial charge in [0.1, 0.15) is 5.69 Å². The van der Waals surface area contributed by atoms with Gasteiger partial charge in [-0.2, -0.15) is 0 Å². The van der Waals surface area contributed by atoms with Crippen molar-refractivity contribution in [1.29, 1.82) is 0 Å². The molecule has 2 aliphatic carbocycles. The number of fused-ring (bicyclic) bond motifs is 1. The van der Waals surface area contributed by atoms with Crippen LogP contribution < -0.4 is 0 Å². The second kappa shape index (κ2) is 3.70. The van der Waals surface area contributed by atoms with E-state index in [0.717, 1.165) is 5.56 Å². The van der Waals surface area contributed by atoms with E-state index in [-0.39, 0.29) is 5.78 Å². The zero-order valence-corrected chi connectivity index (χ0v) is 9.88. The third-order valence-electron chi connectivity index (χ3n) is 3.05. The highest BCUT2D eigenvalue weighted by Gasteiger charge is 2.31. The van der Waals surface area contributed by atoms with Crippen LogP contribution in [-0.4, -0.2) is 22.0 Å². The Hall–Kier alpha value is -1.16. The van der Waals surface area contributed by atoms with E-state index in [0.29, 0.717) is 23.2 Å². The number of thioether (sulfide) groups is 1. The Bertz CT molecular complexity index is 492. The van der Waals surface area contributed by atoms with Gasteiger partial charge in [0.05, 0.1) is 0 Å². The van der Waals surface area contributed by atoms with Crippen LogP contribution in [0.4, 0.5) is 0 Å². The number of rotatable bonds is 2. The van der Waals surface area contributed by atoms with Crippen LogP contribution >= 0.6 is 11.8 Å². The highest BCUT2D eigenvalue weighted by atomic mass is 32.2. The maximum absolute atomic E-state index is 12.0. The summed E-state index contributed by atoms with van der Waals surface area (Å²) in [5, 5.41) is 0.676. The van der Waals surface area contributed by atoms with Crippen molar-refractivity contribution < 1.29 is 4.79 Å². The molecule has 3 rings (SSSR count). The summed E-state index contributed by atoms with van der Waals surface area (Å²) < 4.78 is 0. The monoisotopic (exact) mass is 232 g/mol. The average molecular weight is 232 g/mol. The number of hydrogen-bond acceptors (Lipinski definition) is 4. The number of nitrogens with zero attached hydrogens (tertiary/aromatic N) is 2. The van der Waals surface area contributed by atoms with E-state index in [9.17, 15) is 4.79 Å². The molecule has 16 heavy (non-hydrogen) atoms. The van der Waals surface area contributed by atoms with Crippen molar-refractivity contribution in [3.63, 3.8) is 0 Å². The predicted molar refractivity (Wildman–Crippen MR) is 63.5 cm³/mol. The molecule has 1 fully saturated rings. The predicted octanol–water partition coefficient (Wildman–Crippen LogP) is 2.58. The average Bonchev–Trinajstić information content (AvgIpc) is 3.12. The van der Waals surface area contributed by atoms with Gasteiger partial charge >= 0.3 is 0 Å². The lowest BCUT2D eigenvalue weighted by Gasteiger charge is -2.14. The summed E-state index contributed by atoms with van der Waals surface area (Å²) >= 11 is 1.47. The summed E-state index contributed by atoms with van der Waals surface area (Å²) in [6, 6.07) is 0. The molecule has 4 heteroatoms. The molecule has 0 spiro atoms. The fourth-order valence-electron chi connectivity index (χ4n) is 2.04. The first kappa shape index (κ1) is 10.0. The van der Waals surface area contributed by atoms with Crippen LogP contribution in [0.3, 0.4) is 0 Å². The van der Waals surface area contributed by atoms with Crippen LogP contribution in [0.2, 0.25) is 0 Å². The van der Waals surface area contributed by atoms with E-state index in [1.54, 1.807) is 6.20 Å². The second-order valence-corrected chi connectivity index (χ2v) is 5.03. The molecule has 0 unspecified atom stereocenters. The third-order valence-corrected chi connectivity index (χ3v) is 3.61. The topological polar surface area (TPSA) is 42.9 Å². The minimum Gasteiger partial charge on any atom is -0.292 e. The first-order valence-corrected chi connectivity index (χ1v) is 6.65. The van der Waals surface area contributed by atoms with Crippen LogP contribution in [-0.2, 0) is 0 Å². The number of allylic oxidation sites excluding steroid dienone is 1. The molecule has 0 bridgehead atoms. The molecule has 82 valence electrons. The molecule has 0 N–H and O–H groups in total.